The van der Waals surface area contributed by atoms with Crippen LogP contribution in [0.15, 0.2) is 52.7 Å². The van der Waals surface area contributed by atoms with Gasteiger partial charge < -0.3 is 9.67 Å². The minimum absolute atomic E-state index is 0.131. The fourth-order valence-electron chi connectivity index (χ4n) is 2.07. The van der Waals surface area contributed by atoms with Crippen LogP contribution in [-0.4, -0.2) is 15.7 Å². The van der Waals surface area contributed by atoms with Gasteiger partial charge in [0.05, 0.1) is 21.4 Å². The third-order valence-corrected chi connectivity index (χ3v) is 4.36. The third kappa shape index (κ3) is 2.97. The molecule has 1 heterocycles. The Labute approximate surface area is 134 Å². The van der Waals surface area contributed by atoms with E-state index < -0.39 is 4.92 Å². The largest absolute Gasteiger partial charge is 0.872 e. The summed E-state index contributed by atoms with van der Waals surface area (Å²) in [5.74, 6) is -0.338. The molecule has 23 heavy (non-hydrogen) atoms. The first kappa shape index (κ1) is 14.9. The highest BCUT2D eigenvalue weighted by Gasteiger charge is 2.05. The van der Waals surface area contributed by atoms with Gasteiger partial charge in [0.15, 0.2) is 0 Å². The van der Waals surface area contributed by atoms with Gasteiger partial charge in [-0.15, -0.1) is 5.10 Å². The van der Waals surface area contributed by atoms with Crippen molar-refractivity contribution in [1.29, 1.82) is 0 Å². The van der Waals surface area contributed by atoms with E-state index in [1.807, 2.05) is 35.9 Å². The van der Waals surface area contributed by atoms with Crippen LogP contribution in [0, 0.1) is 10.1 Å². The second-order valence-corrected chi connectivity index (χ2v) is 5.74. The van der Waals surface area contributed by atoms with Crippen LogP contribution in [0.1, 0.15) is 5.56 Å². The van der Waals surface area contributed by atoms with Crippen molar-refractivity contribution in [2.24, 2.45) is 17.3 Å². The van der Waals surface area contributed by atoms with Gasteiger partial charge in [-0.1, -0.05) is 35.3 Å². The van der Waals surface area contributed by atoms with Gasteiger partial charge in [0.25, 0.3) is 5.69 Å². The van der Waals surface area contributed by atoms with Crippen molar-refractivity contribution in [1.82, 2.24) is 4.57 Å². The molecule has 116 valence electrons. The number of nitrogens with zero attached hydrogens (tertiary/aromatic N) is 4. The number of aromatic nitrogens is 1. The number of aryl methyl sites for hydroxylation is 1. The first-order chi connectivity index (χ1) is 11.1. The average Bonchev–Trinajstić information content (AvgIpc) is 2.86. The van der Waals surface area contributed by atoms with E-state index in [9.17, 15) is 15.2 Å². The van der Waals surface area contributed by atoms with E-state index in [0.29, 0.717) is 4.80 Å². The maximum Gasteiger partial charge on any atom is 0.270 e. The molecule has 8 heteroatoms. The molecule has 0 fully saturated rings. The normalized spacial score (nSPS) is 12.3. The van der Waals surface area contributed by atoms with Crippen LogP contribution in [0.2, 0.25) is 0 Å². The topological polar surface area (TPSA) is 95.8 Å². The predicted octanol–water partition coefficient (Wildman–Crippen LogP) is 2.16. The van der Waals surface area contributed by atoms with Gasteiger partial charge >= 0.3 is 0 Å². The lowest BCUT2D eigenvalue weighted by atomic mass is 10.2. The number of non-ortho nitro benzene ring substituents is 1. The van der Waals surface area contributed by atoms with Gasteiger partial charge in [0.2, 0.25) is 4.80 Å². The lowest BCUT2D eigenvalue weighted by molar-refractivity contribution is -0.385. The first-order valence-electron chi connectivity index (χ1n) is 6.63. The fraction of sp³-hybridized carbons (Fsp3) is 0.0667. The molecule has 0 saturated carbocycles. The van der Waals surface area contributed by atoms with E-state index in [1.165, 1.54) is 29.7 Å². The average molecular weight is 327 g/mol. The van der Waals surface area contributed by atoms with Crippen molar-refractivity contribution in [2.75, 3.05) is 0 Å². The minimum Gasteiger partial charge on any atom is -0.872 e. The Hall–Kier alpha value is -3.00. The first-order valence-corrected chi connectivity index (χ1v) is 7.45. The number of fused-ring (bicyclic) bond motifs is 1. The Bertz CT molecular complexity index is 988. The summed E-state index contributed by atoms with van der Waals surface area (Å²) < 4.78 is 2.96. The molecule has 0 aliphatic heterocycles. The molecule has 3 rings (SSSR count). The molecule has 0 atom stereocenters. The summed E-state index contributed by atoms with van der Waals surface area (Å²) >= 11 is 1.47. The Balaban J connectivity index is 1.98. The number of hydrogen-bond donors (Lipinski definition) is 0. The molecule has 1 aromatic heterocycles. The Morgan fingerprint density at radius 2 is 2.04 bits per heavy atom. The van der Waals surface area contributed by atoms with Crippen LogP contribution in [0.5, 0.6) is 5.75 Å². The van der Waals surface area contributed by atoms with Crippen LogP contribution in [-0.2, 0) is 7.05 Å². The quantitative estimate of drug-likeness (QED) is 0.419. The van der Waals surface area contributed by atoms with Crippen LogP contribution >= 0.6 is 11.3 Å². The molecular formula is C15H11N4O3S-. The molecule has 0 aliphatic carbocycles. The molecule has 0 unspecified atom stereocenters. The molecule has 0 bridgehead atoms. The van der Waals surface area contributed by atoms with E-state index in [0.717, 1.165) is 16.3 Å². The Morgan fingerprint density at radius 1 is 1.26 bits per heavy atom. The zero-order valence-electron chi connectivity index (χ0n) is 12.0. The minimum atomic E-state index is -0.556. The molecular weight excluding hydrogens is 316 g/mol. The number of benzene rings is 2. The van der Waals surface area contributed by atoms with Gasteiger partial charge in [0.1, 0.15) is 0 Å². The van der Waals surface area contributed by atoms with Crippen molar-refractivity contribution in [2.45, 2.75) is 0 Å². The molecule has 3 aromatic rings. The smallest absolute Gasteiger partial charge is 0.270 e. The number of nitro groups is 1. The summed E-state index contributed by atoms with van der Waals surface area (Å²) in [5.41, 5.74) is 1.01. The number of rotatable bonds is 3. The van der Waals surface area contributed by atoms with Crippen molar-refractivity contribution in [3.8, 4) is 5.75 Å². The number of thiazole rings is 1. The second-order valence-electron chi connectivity index (χ2n) is 4.74. The maximum atomic E-state index is 11.7. The number of hydrogen-bond acceptors (Lipinski definition) is 6. The maximum absolute atomic E-state index is 11.7. The second kappa shape index (κ2) is 6.01. The summed E-state index contributed by atoms with van der Waals surface area (Å²) in [6.45, 7) is 0. The monoisotopic (exact) mass is 327 g/mol. The summed E-state index contributed by atoms with van der Waals surface area (Å²) in [7, 11) is 1.87. The summed E-state index contributed by atoms with van der Waals surface area (Å²) in [6.07, 6.45) is 1.24. The van der Waals surface area contributed by atoms with Crippen LogP contribution < -0.4 is 9.91 Å². The number of para-hydroxylation sites is 1. The van der Waals surface area contributed by atoms with Crippen molar-refractivity contribution in [3.63, 3.8) is 0 Å². The molecule has 0 amide bonds. The molecule has 0 aliphatic rings. The predicted molar refractivity (Wildman–Crippen MR) is 86.5 cm³/mol. The standard InChI is InChI=1S/C15H12N4O3S/c1-18-12-4-2-3-5-14(12)23-15(18)17-16-9-10-8-11(19(21)22)6-7-13(10)20/h2-9,20H,1H3/p-1/b16-9-,17-15+. The lowest BCUT2D eigenvalue weighted by Gasteiger charge is -2.07. The van der Waals surface area contributed by atoms with E-state index in [2.05, 4.69) is 10.2 Å². The fourth-order valence-corrected chi connectivity index (χ4v) is 3.04. The Kier molecular flexibility index (Phi) is 3.90. The van der Waals surface area contributed by atoms with E-state index >= 15 is 0 Å². The summed E-state index contributed by atoms with van der Waals surface area (Å²) in [5, 5.41) is 30.4. The van der Waals surface area contributed by atoms with Gasteiger partial charge in [-0.05, 0) is 17.7 Å². The van der Waals surface area contributed by atoms with Crippen molar-refractivity contribution < 1.29 is 10.0 Å². The van der Waals surface area contributed by atoms with Gasteiger partial charge in [-0.25, -0.2) is 0 Å². The van der Waals surface area contributed by atoms with Crippen molar-refractivity contribution >= 4 is 33.5 Å². The highest BCUT2D eigenvalue weighted by Crippen LogP contribution is 2.19. The highest BCUT2D eigenvalue weighted by molar-refractivity contribution is 7.16. The zero-order chi connectivity index (χ0) is 16.4. The van der Waals surface area contributed by atoms with Gasteiger partial charge in [-0.2, -0.15) is 5.10 Å². The molecule has 0 radical (unpaired) electrons. The third-order valence-electron chi connectivity index (χ3n) is 3.26. The molecule has 2 aromatic carbocycles. The SMILES string of the molecule is Cn1/c(=N\N=C/c2cc([N+](=O)[O-])ccc2[O-])sc2ccccc21. The lowest BCUT2D eigenvalue weighted by Crippen LogP contribution is -2.09. The molecule has 7 nitrogen and oxygen atoms in total. The van der Waals surface area contributed by atoms with Crippen molar-refractivity contribution in [3.05, 3.63) is 62.9 Å². The highest BCUT2D eigenvalue weighted by atomic mass is 32.1. The zero-order valence-corrected chi connectivity index (χ0v) is 12.9. The van der Waals surface area contributed by atoms with Crippen LogP contribution in [0.25, 0.3) is 10.2 Å². The summed E-state index contributed by atoms with van der Waals surface area (Å²) in [4.78, 5) is 10.8. The van der Waals surface area contributed by atoms with Gasteiger partial charge in [0, 0.05) is 19.2 Å². The molecule has 0 spiro atoms. The van der Waals surface area contributed by atoms with E-state index in [1.54, 1.807) is 0 Å². The van der Waals surface area contributed by atoms with Crippen LogP contribution in [0.4, 0.5) is 5.69 Å². The number of nitro benzene ring substituents is 1. The van der Waals surface area contributed by atoms with Gasteiger partial charge in [-0.3, -0.25) is 10.1 Å². The Morgan fingerprint density at radius 3 is 2.78 bits per heavy atom. The molecule has 0 N–H and O–H groups in total. The van der Waals surface area contributed by atoms with E-state index in [4.69, 9.17) is 0 Å². The van der Waals surface area contributed by atoms with Crippen LogP contribution in [0.3, 0.4) is 0 Å². The summed E-state index contributed by atoms with van der Waals surface area (Å²) in [6, 6.07) is 11.4. The molecule has 0 saturated heterocycles. The van der Waals surface area contributed by atoms with E-state index in [-0.39, 0.29) is 17.0 Å².